The van der Waals surface area contributed by atoms with E-state index in [0.717, 1.165) is 46.7 Å². The van der Waals surface area contributed by atoms with Crippen LogP contribution in [0, 0.1) is 6.92 Å². The van der Waals surface area contributed by atoms with Gasteiger partial charge in [0.2, 0.25) is 11.8 Å². The number of rotatable bonds is 14. The highest BCUT2D eigenvalue weighted by Gasteiger charge is 2.36. The number of anilines is 1. The number of nitrogens with zero attached hydrogens (tertiary/aromatic N) is 2. The van der Waals surface area contributed by atoms with Gasteiger partial charge in [-0.3, -0.25) is 13.9 Å². The van der Waals surface area contributed by atoms with Crippen molar-refractivity contribution in [2.75, 3.05) is 25.1 Å². The van der Waals surface area contributed by atoms with Gasteiger partial charge in [-0.1, -0.05) is 79.6 Å². The number of hydrogen-bond acceptors (Lipinski definition) is 6. The lowest BCUT2D eigenvalue weighted by atomic mass is 10.0. The zero-order valence-electron chi connectivity index (χ0n) is 27.7. The fourth-order valence-corrected chi connectivity index (χ4v) is 7.55. The number of sulfonamides is 1. The summed E-state index contributed by atoms with van der Waals surface area (Å²) in [7, 11) is -1.23. The van der Waals surface area contributed by atoms with Crippen LogP contribution in [-0.4, -0.2) is 58.0 Å². The summed E-state index contributed by atoms with van der Waals surface area (Å²) in [6.45, 7) is 1.33. The number of carbonyl (C=O) groups is 2. The maximum atomic E-state index is 14.8. The Hall–Kier alpha value is -4.83. The predicted octanol–water partition coefficient (Wildman–Crippen LogP) is 5.91. The van der Waals surface area contributed by atoms with Crippen molar-refractivity contribution in [3.63, 3.8) is 0 Å². The minimum absolute atomic E-state index is 0.0241. The second-order valence-corrected chi connectivity index (χ2v) is 13.9. The first kappa shape index (κ1) is 34.5. The molecule has 1 saturated carbocycles. The Balaban J connectivity index is 1.61. The first-order chi connectivity index (χ1) is 23.2. The van der Waals surface area contributed by atoms with Gasteiger partial charge < -0.3 is 19.7 Å². The molecule has 4 aromatic carbocycles. The number of nitrogens with one attached hydrogen (secondary N) is 1. The number of aryl methyl sites for hydroxylation is 1. The molecular weight excluding hydrogens is 627 g/mol. The largest absolute Gasteiger partial charge is 0.497 e. The van der Waals surface area contributed by atoms with Gasteiger partial charge in [-0.15, -0.1) is 0 Å². The summed E-state index contributed by atoms with van der Waals surface area (Å²) in [4.78, 5) is 30.5. The Morgan fingerprint density at radius 3 is 2.17 bits per heavy atom. The maximum absolute atomic E-state index is 14.8. The van der Waals surface area contributed by atoms with Gasteiger partial charge in [0.15, 0.2) is 0 Å². The molecule has 0 unspecified atom stereocenters. The van der Waals surface area contributed by atoms with E-state index in [1.165, 1.54) is 24.1 Å². The van der Waals surface area contributed by atoms with E-state index >= 15 is 0 Å². The van der Waals surface area contributed by atoms with E-state index in [4.69, 9.17) is 9.47 Å². The number of hydrogen-bond donors (Lipinski definition) is 1. The summed E-state index contributed by atoms with van der Waals surface area (Å²) in [5, 5.41) is 3.20. The lowest BCUT2D eigenvalue weighted by Gasteiger charge is -2.34. The van der Waals surface area contributed by atoms with Crippen molar-refractivity contribution < 1.29 is 27.5 Å². The smallest absolute Gasteiger partial charge is 0.264 e. The fourth-order valence-electron chi connectivity index (χ4n) is 6.12. The summed E-state index contributed by atoms with van der Waals surface area (Å²) in [6.07, 6.45) is 4.07. The molecule has 4 aromatic rings. The number of ether oxygens (including phenoxy) is 2. The van der Waals surface area contributed by atoms with Crippen LogP contribution in [0.4, 0.5) is 5.69 Å². The van der Waals surface area contributed by atoms with Gasteiger partial charge in [0.25, 0.3) is 10.0 Å². The molecule has 0 aliphatic heterocycles. The van der Waals surface area contributed by atoms with Gasteiger partial charge in [0, 0.05) is 19.0 Å². The predicted molar refractivity (Wildman–Crippen MR) is 187 cm³/mol. The zero-order chi connectivity index (χ0) is 34.1. The first-order valence-corrected chi connectivity index (χ1v) is 17.6. The van der Waals surface area contributed by atoms with Gasteiger partial charge >= 0.3 is 0 Å². The van der Waals surface area contributed by atoms with Gasteiger partial charge in [0.1, 0.15) is 24.1 Å². The van der Waals surface area contributed by atoms with Crippen molar-refractivity contribution in [1.82, 2.24) is 10.2 Å². The highest BCUT2D eigenvalue weighted by Crippen LogP contribution is 2.34. The van der Waals surface area contributed by atoms with Crippen molar-refractivity contribution in [3.8, 4) is 11.5 Å². The van der Waals surface area contributed by atoms with Crippen LogP contribution >= 0.6 is 0 Å². The fraction of sp³-hybridized carbons (Fsp3) is 0.316. The topological polar surface area (TPSA) is 105 Å². The molecule has 1 aliphatic carbocycles. The lowest BCUT2D eigenvalue weighted by Crippen LogP contribution is -2.54. The van der Waals surface area contributed by atoms with Crippen LogP contribution in [0.5, 0.6) is 11.5 Å². The average Bonchev–Trinajstić information content (AvgIpc) is 3.62. The minimum atomic E-state index is -4.25. The van der Waals surface area contributed by atoms with Gasteiger partial charge in [0.05, 0.1) is 24.8 Å². The number of benzene rings is 4. The Labute approximate surface area is 283 Å². The van der Waals surface area contributed by atoms with E-state index < -0.39 is 28.5 Å². The van der Waals surface area contributed by atoms with E-state index in [2.05, 4.69) is 5.32 Å². The highest BCUT2D eigenvalue weighted by atomic mass is 32.2. The summed E-state index contributed by atoms with van der Waals surface area (Å²) in [5.41, 5.74) is 2.63. The molecule has 0 bridgehead atoms. The zero-order valence-corrected chi connectivity index (χ0v) is 28.5. The third kappa shape index (κ3) is 8.36. The third-order valence-corrected chi connectivity index (χ3v) is 10.4. The van der Waals surface area contributed by atoms with Crippen LogP contribution in [-0.2, 0) is 32.6 Å². The highest BCUT2D eigenvalue weighted by molar-refractivity contribution is 7.92. The normalized spacial score (nSPS) is 13.8. The molecule has 48 heavy (non-hydrogen) atoms. The van der Waals surface area contributed by atoms with E-state index in [9.17, 15) is 18.0 Å². The van der Waals surface area contributed by atoms with Crippen LogP contribution < -0.4 is 19.1 Å². The Morgan fingerprint density at radius 2 is 1.50 bits per heavy atom. The van der Waals surface area contributed by atoms with Crippen LogP contribution in [0.3, 0.4) is 0 Å². The molecule has 10 heteroatoms. The molecular formula is C38H43N3O6S. The van der Waals surface area contributed by atoms with Crippen LogP contribution in [0.25, 0.3) is 0 Å². The molecule has 1 fully saturated rings. The van der Waals surface area contributed by atoms with Gasteiger partial charge in [-0.05, 0) is 72.9 Å². The first-order valence-electron chi connectivity index (χ1n) is 16.2. The number of amides is 2. The summed E-state index contributed by atoms with van der Waals surface area (Å²) >= 11 is 0. The maximum Gasteiger partial charge on any atom is 0.264 e. The van der Waals surface area contributed by atoms with Crippen molar-refractivity contribution in [1.29, 1.82) is 0 Å². The Morgan fingerprint density at radius 1 is 0.833 bits per heavy atom. The molecule has 0 heterocycles. The van der Waals surface area contributed by atoms with Crippen LogP contribution in [0.1, 0.15) is 42.4 Å². The molecule has 9 nitrogen and oxygen atoms in total. The summed E-state index contributed by atoms with van der Waals surface area (Å²) in [6, 6.07) is 29.1. The van der Waals surface area contributed by atoms with E-state index in [1.807, 2.05) is 67.6 Å². The molecule has 1 atom stereocenters. The van der Waals surface area contributed by atoms with E-state index in [1.54, 1.807) is 37.4 Å². The van der Waals surface area contributed by atoms with Crippen molar-refractivity contribution in [2.45, 2.75) is 62.6 Å². The standard InChI is InChI=1S/C38H43N3O6S/c1-28-21-22-36(47-3)34(23-28)41(48(44,45)33-19-8-5-9-20-33)27-37(42)40(26-30-15-12-18-32(24-30)46-2)35(25-29-13-6-4-7-14-29)38(43)39-31-16-10-11-17-31/h4-9,12-15,18-24,31,35H,10-11,16-17,25-27H2,1-3H3,(H,39,43)/t35-/m0/s1. The molecule has 0 aromatic heterocycles. The van der Waals surface area contributed by atoms with E-state index in [-0.39, 0.29) is 35.5 Å². The Bertz CT molecular complexity index is 1790. The molecule has 1 N–H and O–H groups in total. The molecule has 252 valence electrons. The molecule has 0 saturated heterocycles. The molecule has 2 amide bonds. The minimum Gasteiger partial charge on any atom is -0.497 e. The number of methoxy groups -OCH3 is 2. The van der Waals surface area contributed by atoms with Crippen LogP contribution in [0.15, 0.2) is 108 Å². The molecule has 0 radical (unpaired) electrons. The van der Waals surface area contributed by atoms with Crippen molar-refractivity contribution >= 4 is 27.5 Å². The monoisotopic (exact) mass is 669 g/mol. The molecule has 0 spiro atoms. The Kier molecular flexibility index (Phi) is 11.4. The molecule has 5 rings (SSSR count). The second-order valence-electron chi connectivity index (χ2n) is 12.1. The SMILES string of the molecule is COc1cccc(CN(C(=O)CN(c2cc(C)ccc2OC)S(=O)(=O)c2ccccc2)[C@@H](Cc2ccccc2)C(=O)NC2CCCC2)c1. The molecule has 1 aliphatic rings. The lowest BCUT2D eigenvalue weighted by molar-refractivity contribution is -0.140. The van der Waals surface area contributed by atoms with Gasteiger partial charge in [-0.2, -0.15) is 0 Å². The number of carbonyl (C=O) groups excluding carboxylic acids is 2. The van der Waals surface area contributed by atoms with Crippen LogP contribution in [0.2, 0.25) is 0 Å². The third-order valence-electron chi connectivity index (χ3n) is 8.67. The quantitative estimate of drug-likeness (QED) is 0.179. The van der Waals surface area contributed by atoms with Gasteiger partial charge in [-0.25, -0.2) is 8.42 Å². The second kappa shape index (κ2) is 15.8. The average molecular weight is 670 g/mol. The summed E-state index contributed by atoms with van der Waals surface area (Å²) in [5.74, 6) is 0.0933. The van der Waals surface area contributed by atoms with Crippen molar-refractivity contribution in [3.05, 3.63) is 120 Å². The van der Waals surface area contributed by atoms with Crippen molar-refractivity contribution in [2.24, 2.45) is 0 Å². The summed E-state index contributed by atoms with van der Waals surface area (Å²) < 4.78 is 40.8. The van der Waals surface area contributed by atoms with E-state index in [0.29, 0.717) is 11.5 Å².